The molecule has 7 heteroatoms. The number of alkyl halides is 3. The van der Waals surface area contributed by atoms with E-state index in [0.717, 1.165) is 12.1 Å². The summed E-state index contributed by atoms with van der Waals surface area (Å²) < 4.78 is 44.0. The van der Waals surface area contributed by atoms with Gasteiger partial charge in [-0.25, -0.2) is 0 Å². The molecule has 0 aliphatic heterocycles. The smallest absolute Gasteiger partial charge is 0.417 e. The molecule has 21 heavy (non-hydrogen) atoms. The molecule has 0 unspecified atom stereocenters. The monoisotopic (exact) mass is 331 g/mol. The van der Waals surface area contributed by atoms with Crippen LogP contribution < -0.4 is 10.5 Å². The summed E-state index contributed by atoms with van der Waals surface area (Å²) in [6, 6.07) is 9.82. The van der Waals surface area contributed by atoms with Crippen molar-refractivity contribution in [3.05, 3.63) is 58.6 Å². The third kappa shape index (κ3) is 3.65. The number of rotatable bonds is 3. The molecule has 2 N–H and O–H groups in total. The standard InChI is InChI=1S/C14H9ClF3NOS/c15-11-3-1-2-4-12(11)20-8-5-6-10(14(16,17)18)9(7-8)13(19)21/h1-7H,(H2,19,21). The van der Waals surface area contributed by atoms with Crippen molar-refractivity contribution >= 4 is 28.8 Å². The van der Waals surface area contributed by atoms with Gasteiger partial charge in [-0.1, -0.05) is 36.0 Å². The maximum absolute atomic E-state index is 12.9. The Bertz CT molecular complexity index is 688. The zero-order valence-electron chi connectivity index (χ0n) is 10.4. The lowest BCUT2D eigenvalue weighted by atomic mass is 10.1. The maximum Gasteiger partial charge on any atom is 0.417 e. The van der Waals surface area contributed by atoms with Crippen LogP contribution in [0.15, 0.2) is 42.5 Å². The molecule has 0 radical (unpaired) electrons. The fraction of sp³-hybridized carbons (Fsp3) is 0.0714. The van der Waals surface area contributed by atoms with Crippen LogP contribution in [-0.2, 0) is 6.18 Å². The van der Waals surface area contributed by atoms with Gasteiger partial charge < -0.3 is 10.5 Å². The van der Waals surface area contributed by atoms with Gasteiger partial charge in [-0.3, -0.25) is 0 Å². The normalized spacial score (nSPS) is 11.2. The zero-order chi connectivity index (χ0) is 15.6. The second-order valence-corrected chi connectivity index (χ2v) is 4.95. The lowest BCUT2D eigenvalue weighted by molar-refractivity contribution is -0.137. The molecule has 0 atom stereocenters. The Labute approximate surface area is 129 Å². The fourth-order valence-corrected chi connectivity index (χ4v) is 2.04. The lowest BCUT2D eigenvalue weighted by Gasteiger charge is -2.14. The number of halogens is 4. The third-order valence-electron chi connectivity index (χ3n) is 2.63. The van der Waals surface area contributed by atoms with Gasteiger partial charge in [0.1, 0.15) is 16.5 Å². The van der Waals surface area contributed by atoms with Crippen LogP contribution in [0.1, 0.15) is 11.1 Å². The highest BCUT2D eigenvalue weighted by Gasteiger charge is 2.34. The van der Waals surface area contributed by atoms with Gasteiger partial charge in [-0.2, -0.15) is 13.2 Å². The van der Waals surface area contributed by atoms with Crippen LogP contribution in [0, 0.1) is 0 Å². The molecule has 0 aromatic heterocycles. The van der Waals surface area contributed by atoms with E-state index in [1.54, 1.807) is 24.3 Å². The first-order chi connectivity index (χ1) is 9.79. The molecule has 2 aromatic carbocycles. The molecule has 2 rings (SSSR count). The van der Waals surface area contributed by atoms with Gasteiger partial charge in [0.2, 0.25) is 0 Å². The minimum Gasteiger partial charge on any atom is -0.456 e. The van der Waals surface area contributed by atoms with Crippen molar-refractivity contribution < 1.29 is 17.9 Å². The molecule has 2 nitrogen and oxygen atoms in total. The van der Waals surface area contributed by atoms with Crippen molar-refractivity contribution in [2.75, 3.05) is 0 Å². The van der Waals surface area contributed by atoms with E-state index < -0.39 is 11.7 Å². The summed E-state index contributed by atoms with van der Waals surface area (Å²) in [6.45, 7) is 0. The van der Waals surface area contributed by atoms with Gasteiger partial charge in [-0.15, -0.1) is 0 Å². The predicted octanol–water partition coefficient (Wildman–Crippen LogP) is 4.79. The van der Waals surface area contributed by atoms with Crippen LogP contribution in [0.25, 0.3) is 0 Å². The number of benzene rings is 2. The Kier molecular flexibility index (Phi) is 4.39. The first-order valence-corrected chi connectivity index (χ1v) is 6.51. The number of hydrogen-bond acceptors (Lipinski definition) is 2. The summed E-state index contributed by atoms with van der Waals surface area (Å²) in [5, 5.41) is 0.342. The van der Waals surface area contributed by atoms with Gasteiger partial charge >= 0.3 is 6.18 Å². The van der Waals surface area contributed by atoms with E-state index >= 15 is 0 Å². The molecule has 0 aliphatic rings. The van der Waals surface area contributed by atoms with E-state index in [1.165, 1.54) is 6.07 Å². The summed E-state index contributed by atoms with van der Waals surface area (Å²) >= 11 is 10.6. The number of ether oxygens (including phenoxy) is 1. The van der Waals surface area contributed by atoms with Crippen molar-refractivity contribution in [1.82, 2.24) is 0 Å². The van der Waals surface area contributed by atoms with Gasteiger partial charge in [0.15, 0.2) is 0 Å². The van der Waals surface area contributed by atoms with Crippen molar-refractivity contribution in [1.29, 1.82) is 0 Å². The lowest BCUT2D eigenvalue weighted by Crippen LogP contribution is -2.17. The number of para-hydroxylation sites is 1. The zero-order valence-corrected chi connectivity index (χ0v) is 12.0. The molecular weight excluding hydrogens is 323 g/mol. The highest BCUT2D eigenvalue weighted by Crippen LogP contribution is 2.35. The van der Waals surface area contributed by atoms with Crippen molar-refractivity contribution in [2.45, 2.75) is 6.18 Å². The Hall–Kier alpha value is -1.79. The molecule has 0 amide bonds. The third-order valence-corrected chi connectivity index (χ3v) is 3.16. The molecule has 0 aliphatic carbocycles. The number of hydrogen-bond donors (Lipinski definition) is 1. The second kappa shape index (κ2) is 5.91. The van der Waals surface area contributed by atoms with Crippen LogP contribution in [0.3, 0.4) is 0 Å². The van der Waals surface area contributed by atoms with E-state index in [9.17, 15) is 13.2 Å². The molecule has 0 saturated carbocycles. The van der Waals surface area contributed by atoms with Crippen LogP contribution in [0.4, 0.5) is 13.2 Å². The quantitative estimate of drug-likeness (QED) is 0.822. The Morgan fingerprint density at radius 1 is 1.14 bits per heavy atom. The van der Waals surface area contributed by atoms with E-state index in [4.69, 9.17) is 22.1 Å². The summed E-state index contributed by atoms with van der Waals surface area (Å²) in [5.41, 5.74) is 4.16. The Morgan fingerprint density at radius 3 is 2.38 bits per heavy atom. The van der Waals surface area contributed by atoms with Crippen LogP contribution in [-0.4, -0.2) is 4.99 Å². The van der Waals surface area contributed by atoms with Crippen molar-refractivity contribution in [3.8, 4) is 11.5 Å². The molecule has 0 heterocycles. The number of thiocarbonyl (C=S) groups is 1. The average Bonchev–Trinajstić information content (AvgIpc) is 2.40. The minimum atomic E-state index is -4.54. The topological polar surface area (TPSA) is 35.2 Å². The Balaban J connectivity index is 2.42. The summed E-state index contributed by atoms with van der Waals surface area (Å²) in [6.07, 6.45) is -4.54. The van der Waals surface area contributed by atoms with Gasteiger partial charge in [-0.05, 0) is 30.3 Å². The maximum atomic E-state index is 12.9. The highest BCUT2D eigenvalue weighted by molar-refractivity contribution is 7.80. The van der Waals surface area contributed by atoms with Crippen molar-refractivity contribution in [2.24, 2.45) is 5.73 Å². The van der Waals surface area contributed by atoms with Crippen LogP contribution in [0.5, 0.6) is 11.5 Å². The van der Waals surface area contributed by atoms with E-state index in [-0.39, 0.29) is 16.3 Å². The number of nitrogens with two attached hydrogens (primary N) is 1. The summed E-state index contributed by atoms with van der Waals surface area (Å²) in [7, 11) is 0. The van der Waals surface area contributed by atoms with Crippen LogP contribution >= 0.6 is 23.8 Å². The molecule has 0 saturated heterocycles. The summed E-state index contributed by atoms with van der Waals surface area (Å²) in [4.78, 5) is -0.355. The molecule has 0 bridgehead atoms. The average molecular weight is 332 g/mol. The first-order valence-electron chi connectivity index (χ1n) is 5.72. The molecule has 0 fully saturated rings. The Morgan fingerprint density at radius 2 is 1.81 bits per heavy atom. The SMILES string of the molecule is NC(=S)c1cc(Oc2ccccc2Cl)ccc1C(F)(F)F. The fourth-order valence-electron chi connectivity index (χ4n) is 1.69. The van der Waals surface area contributed by atoms with Gasteiger partial charge in [0, 0.05) is 5.56 Å². The molecular formula is C14H9ClF3NOS. The first kappa shape index (κ1) is 15.6. The summed E-state index contributed by atoms with van der Waals surface area (Å²) in [5.74, 6) is 0.492. The second-order valence-electron chi connectivity index (χ2n) is 4.10. The molecule has 2 aromatic rings. The highest BCUT2D eigenvalue weighted by atomic mass is 35.5. The predicted molar refractivity (Wildman–Crippen MR) is 78.9 cm³/mol. The minimum absolute atomic E-state index is 0.166. The van der Waals surface area contributed by atoms with Gasteiger partial charge in [0.25, 0.3) is 0 Å². The largest absolute Gasteiger partial charge is 0.456 e. The molecule has 110 valence electrons. The van der Waals surface area contributed by atoms with Crippen LogP contribution in [0.2, 0.25) is 5.02 Å². The van der Waals surface area contributed by atoms with E-state index in [1.807, 2.05) is 0 Å². The van der Waals surface area contributed by atoms with Crippen molar-refractivity contribution in [3.63, 3.8) is 0 Å². The van der Waals surface area contributed by atoms with Gasteiger partial charge in [0.05, 0.1) is 10.6 Å². The van der Waals surface area contributed by atoms with E-state index in [2.05, 4.69) is 12.2 Å². The molecule has 0 spiro atoms. The van der Waals surface area contributed by atoms with E-state index in [0.29, 0.717) is 10.8 Å².